The molecule has 0 amide bonds. The van der Waals surface area contributed by atoms with E-state index < -0.39 is 67.0 Å². The summed E-state index contributed by atoms with van der Waals surface area (Å²) in [6.45, 7) is 3.64. The molecule has 8 atom stereocenters. The minimum absolute atomic E-state index is 0.128. The minimum atomic E-state index is -1.61. The van der Waals surface area contributed by atoms with E-state index in [1.165, 1.54) is 36.4 Å². The number of hydrogen-bond donors (Lipinski definition) is 7. The van der Waals surface area contributed by atoms with Crippen LogP contribution in [0.3, 0.4) is 0 Å². The van der Waals surface area contributed by atoms with E-state index in [-0.39, 0.29) is 31.7 Å². The Balaban J connectivity index is 1.53. The van der Waals surface area contributed by atoms with Gasteiger partial charge in [0, 0.05) is 31.3 Å². The molecule has 3 heterocycles. The van der Waals surface area contributed by atoms with E-state index in [0.29, 0.717) is 5.11 Å². The molecule has 0 bridgehead atoms. The van der Waals surface area contributed by atoms with Gasteiger partial charge in [0.15, 0.2) is 11.4 Å². The zero-order valence-corrected chi connectivity index (χ0v) is 25.1. The van der Waals surface area contributed by atoms with Crippen LogP contribution in [0.5, 0.6) is 0 Å². The van der Waals surface area contributed by atoms with Crippen LogP contribution in [0.4, 0.5) is 0 Å². The van der Waals surface area contributed by atoms with E-state index in [0.717, 1.165) is 24.0 Å². The summed E-state index contributed by atoms with van der Waals surface area (Å²) in [4.78, 5) is 26.0. The topological polar surface area (TPSA) is 197 Å². The van der Waals surface area contributed by atoms with Gasteiger partial charge >= 0.3 is 5.69 Å². The van der Waals surface area contributed by atoms with Crippen molar-refractivity contribution in [2.45, 2.75) is 114 Å². The van der Waals surface area contributed by atoms with E-state index in [4.69, 9.17) is 26.4 Å². The van der Waals surface area contributed by atoms with Crippen molar-refractivity contribution in [2.24, 2.45) is 0 Å². The first-order valence-corrected chi connectivity index (χ1v) is 15.1. The molecular weight excluding hydrogens is 572 g/mol. The van der Waals surface area contributed by atoms with Crippen LogP contribution in [-0.4, -0.2) is 109 Å². The van der Waals surface area contributed by atoms with Gasteiger partial charge in [-0.1, -0.05) is 39.0 Å². The molecule has 2 aliphatic rings. The number of nitrogens with zero attached hydrogens (tertiary/aromatic N) is 2. The fourth-order valence-electron chi connectivity index (χ4n) is 5.06. The number of ether oxygens (including phenoxy) is 3. The first-order chi connectivity index (χ1) is 20.1. The molecule has 0 unspecified atom stereocenters. The fourth-order valence-corrected chi connectivity index (χ4v) is 5.25. The van der Waals surface area contributed by atoms with Crippen LogP contribution in [0.1, 0.15) is 63.7 Å². The Labute approximate surface area is 250 Å². The van der Waals surface area contributed by atoms with Gasteiger partial charge in [0.2, 0.25) is 0 Å². The standard InChI is InChI=1S/C27H46N4O10S/c1-3-4-5-6-7-8-9-28-26(42)29-13-18-17(33)12-20(40-18)31-14-16(2)24(37)30(27(31)38)10-11-39-25-23(36)22(35)21(34)19(15-32)41-25/h14,17-23,25,32-36H,3-13,15H2,1-2H3,(H2,28,29,42)/t17-,18+,19+,20+,21+,22-,23-,25-/m0/s1. The molecular formula is C27H46N4O10S. The molecule has 7 N–H and O–H groups in total. The highest BCUT2D eigenvalue weighted by Crippen LogP contribution is 2.27. The second-order valence-electron chi connectivity index (χ2n) is 10.9. The highest BCUT2D eigenvalue weighted by atomic mass is 32.1. The van der Waals surface area contributed by atoms with Gasteiger partial charge < -0.3 is 50.4 Å². The van der Waals surface area contributed by atoms with Crippen molar-refractivity contribution in [3.8, 4) is 0 Å². The van der Waals surface area contributed by atoms with Crippen molar-refractivity contribution in [3.05, 3.63) is 32.6 Å². The van der Waals surface area contributed by atoms with Crippen molar-refractivity contribution < 1.29 is 39.7 Å². The number of thiocarbonyl (C=S) groups is 1. The Morgan fingerprint density at radius 3 is 2.45 bits per heavy atom. The largest absolute Gasteiger partial charge is 0.394 e. The van der Waals surface area contributed by atoms with Crippen molar-refractivity contribution in [2.75, 3.05) is 26.3 Å². The van der Waals surface area contributed by atoms with Crippen LogP contribution in [0.15, 0.2) is 15.8 Å². The number of aliphatic hydroxyl groups is 5. The second kappa shape index (κ2) is 16.8. The quantitative estimate of drug-likeness (QED) is 0.0897. The molecule has 3 rings (SSSR count). The Bertz CT molecular complexity index is 1120. The maximum absolute atomic E-state index is 13.3. The molecule has 240 valence electrons. The van der Waals surface area contributed by atoms with Gasteiger partial charge in [-0.05, 0) is 25.6 Å². The first-order valence-electron chi connectivity index (χ1n) is 14.7. The molecule has 2 aliphatic heterocycles. The summed E-state index contributed by atoms with van der Waals surface area (Å²) in [5, 5.41) is 56.6. The average molecular weight is 619 g/mol. The fraction of sp³-hybridized carbons (Fsp3) is 0.815. The number of aryl methyl sites for hydroxylation is 1. The molecule has 0 spiro atoms. The summed E-state index contributed by atoms with van der Waals surface area (Å²) >= 11 is 5.33. The summed E-state index contributed by atoms with van der Waals surface area (Å²) < 4.78 is 18.9. The smallest absolute Gasteiger partial charge is 0.333 e. The van der Waals surface area contributed by atoms with Crippen molar-refractivity contribution >= 4 is 17.3 Å². The summed E-state index contributed by atoms with van der Waals surface area (Å²) in [5.41, 5.74) is -0.959. The zero-order chi connectivity index (χ0) is 30.8. The van der Waals surface area contributed by atoms with Crippen LogP contribution < -0.4 is 21.9 Å². The summed E-state index contributed by atoms with van der Waals surface area (Å²) in [5.74, 6) is 0. The molecule has 15 heteroatoms. The lowest BCUT2D eigenvalue weighted by Gasteiger charge is -2.39. The maximum Gasteiger partial charge on any atom is 0.333 e. The molecule has 0 aliphatic carbocycles. The molecule has 0 aromatic carbocycles. The molecule has 14 nitrogen and oxygen atoms in total. The van der Waals surface area contributed by atoms with E-state index in [1.54, 1.807) is 6.92 Å². The normalized spacial score (nSPS) is 29.5. The van der Waals surface area contributed by atoms with Crippen LogP contribution in [0, 0.1) is 6.92 Å². The number of nitrogens with one attached hydrogen (secondary N) is 2. The van der Waals surface area contributed by atoms with Gasteiger partial charge in [0.05, 0.1) is 25.9 Å². The van der Waals surface area contributed by atoms with E-state index in [1.807, 2.05) is 0 Å². The highest BCUT2D eigenvalue weighted by molar-refractivity contribution is 7.80. The summed E-state index contributed by atoms with van der Waals surface area (Å²) in [6, 6.07) is 0. The average Bonchev–Trinajstić information content (AvgIpc) is 3.34. The van der Waals surface area contributed by atoms with Gasteiger partial charge in [-0.3, -0.25) is 13.9 Å². The lowest BCUT2D eigenvalue weighted by atomic mass is 9.99. The van der Waals surface area contributed by atoms with Gasteiger partial charge in [0.25, 0.3) is 5.56 Å². The Kier molecular flexibility index (Phi) is 13.8. The monoisotopic (exact) mass is 618 g/mol. The lowest BCUT2D eigenvalue weighted by Crippen LogP contribution is -2.59. The third-order valence-corrected chi connectivity index (χ3v) is 7.90. The third kappa shape index (κ3) is 9.03. The molecule has 42 heavy (non-hydrogen) atoms. The molecule has 1 aromatic rings. The first kappa shape index (κ1) is 34.5. The Hall–Kier alpha value is -1.95. The van der Waals surface area contributed by atoms with Gasteiger partial charge in [-0.25, -0.2) is 4.79 Å². The summed E-state index contributed by atoms with van der Waals surface area (Å²) in [6.07, 6.45) is -1.03. The number of hydrogen-bond acceptors (Lipinski definition) is 11. The number of unbranched alkanes of at least 4 members (excludes halogenated alkanes) is 5. The zero-order valence-electron chi connectivity index (χ0n) is 24.3. The van der Waals surface area contributed by atoms with Gasteiger partial charge in [0.1, 0.15) is 36.7 Å². The lowest BCUT2D eigenvalue weighted by molar-refractivity contribution is -0.301. The number of rotatable bonds is 15. The number of aliphatic hydroxyl groups excluding tert-OH is 5. The molecule has 2 saturated heterocycles. The predicted molar refractivity (Wildman–Crippen MR) is 156 cm³/mol. The number of aromatic nitrogens is 2. The van der Waals surface area contributed by atoms with E-state index in [9.17, 15) is 35.1 Å². The highest BCUT2D eigenvalue weighted by Gasteiger charge is 2.44. The van der Waals surface area contributed by atoms with Gasteiger partial charge in [-0.15, -0.1) is 0 Å². The molecule has 2 fully saturated rings. The Morgan fingerprint density at radius 2 is 1.74 bits per heavy atom. The third-order valence-electron chi connectivity index (χ3n) is 7.61. The van der Waals surface area contributed by atoms with Crippen LogP contribution in [0.2, 0.25) is 0 Å². The maximum atomic E-state index is 13.3. The van der Waals surface area contributed by atoms with E-state index >= 15 is 0 Å². The molecule has 1 aromatic heterocycles. The predicted octanol–water partition coefficient (Wildman–Crippen LogP) is -1.39. The molecule has 0 radical (unpaired) electrons. The van der Waals surface area contributed by atoms with Gasteiger partial charge in [-0.2, -0.15) is 0 Å². The summed E-state index contributed by atoms with van der Waals surface area (Å²) in [7, 11) is 0. The molecule has 0 saturated carbocycles. The van der Waals surface area contributed by atoms with Crippen LogP contribution in [-0.2, 0) is 20.8 Å². The SMILES string of the molecule is CCCCCCCCNC(=S)NC[C@H]1O[C@@H](n2cc(C)c(=O)n(CCO[C@H]3O[C@H](CO)[C@@H](O)[C@H](O)[C@@H]3O)c2=O)C[C@@H]1O. The van der Waals surface area contributed by atoms with Crippen LogP contribution in [0.25, 0.3) is 0 Å². The van der Waals surface area contributed by atoms with Crippen molar-refractivity contribution in [3.63, 3.8) is 0 Å². The second-order valence-corrected chi connectivity index (χ2v) is 11.3. The minimum Gasteiger partial charge on any atom is -0.394 e. The Morgan fingerprint density at radius 1 is 1.02 bits per heavy atom. The van der Waals surface area contributed by atoms with Crippen molar-refractivity contribution in [1.29, 1.82) is 0 Å². The van der Waals surface area contributed by atoms with Crippen molar-refractivity contribution in [1.82, 2.24) is 19.8 Å². The van der Waals surface area contributed by atoms with E-state index in [2.05, 4.69) is 17.6 Å². The van der Waals surface area contributed by atoms with Crippen LogP contribution >= 0.6 is 12.2 Å².